The first-order chi connectivity index (χ1) is 9.55. The summed E-state index contributed by atoms with van der Waals surface area (Å²) in [5.41, 5.74) is 2.15. The lowest BCUT2D eigenvalue weighted by atomic mass is 10.1. The number of nitrogens with zero attached hydrogens (tertiary/aromatic N) is 3. The van der Waals surface area contributed by atoms with Crippen LogP contribution in [0.3, 0.4) is 0 Å². The quantitative estimate of drug-likeness (QED) is 0.801. The van der Waals surface area contributed by atoms with Crippen LogP contribution in [0.25, 0.3) is 0 Å². The van der Waals surface area contributed by atoms with Gasteiger partial charge in [0.05, 0.1) is 11.6 Å². The molecule has 2 aromatic rings. The molecule has 1 aromatic carbocycles. The molecule has 0 spiro atoms. The van der Waals surface area contributed by atoms with Crippen molar-refractivity contribution < 1.29 is 4.74 Å². The fourth-order valence-corrected chi connectivity index (χ4v) is 1.83. The van der Waals surface area contributed by atoms with Crippen LogP contribution in [0.2, 0.25) is 5.15 Å². The van der Waals surface area contributed by atoms with Crippen molar-refractivity contribution in [3.63, 3.8) is 0 Å². The van der Waals surface area contributed by atoms with Gasteiger partial charge >= 0.3 is 0 Å². The van der Waals surface area contributed by atoms with E-state index in [4.69, 9.17) is 21.6 Å². The van der Waals surface area contributed by atoms with E-state index in [0.717, 1.165) is 5.56 Å². The van der Waals surface area contributed by atoms with Crippen LogP contribution >= 0.6 is 11.6 Å². The Morgan fingerprint density at radius 2 is 2.05 bits per heavy atom. The number of hydrogen-bond donors (Lipinski definition) is 0. The van der Waals surface area contributed by atoms with Crippen LogP contribution in [0.15, 0.2) is 18.2 Å². The highest BCUT2D eigenvalue weighted by atomic mass is 35.5. The number of halogens is 1. The highest BCUT2D eigenvalue weighted by Crippen LogP contribution is 2.29. The molecular weight excluding hydrogens is 274 g/mol. The molecule has 1 aromatic heterocycles. The summed E-state index contributed by atoms with van der Waals surface area (Å²) in [4.78, 5) is 8.51. The van der Waals surface area contributed by atoms with Gasteiger partial charge in [-0.05, 0) is 31.5 Å². The van der Waals surface area contributed by atoms with E-state index in [1.54, 1.807) is 19.1 Å². The average Bonchev–Trinajstić information content (AvgIpc) is 2.45. The Morgan fingerprint density at radius 1 is 1.30 bits per heavy atom. The normalized spacial score (nSPS) is 10.2. The van der Waals surface area contributed by atoms with Crippen LogP contribution in [0.5, 0.6) is 11.6 Å². The van der Waals surface area contributed by atoms with Gasteiger partial charge in [-0.25, -0.2) is 4.98 Å². The van der Waals surface area contributed by atoms with Crippen LogP contribution < -0.4 is 4.74 Å². The molecule has 5 heteroatoms. The lowest BCUT2D eigenvalue weighted by Gasteiger charge is -2.12. The summed E-state index contributed by atoms with van der Waals surface area (Å²) in [6.45, 7) is 5.67. The Kier molecular flexibility index (Phi) is 4.21. The molecule has 0 saturated heterocycles. The lowest BCUT2D eigenvalue weighted by molar-refractivity contribution is 0.451. The van der Waals surface area contributed by atoms with Crippen molar-refractivity contribution in [3.8, 4) is 17.7 Å². The van der Waals surface area contributed by atoms with Gasteiger partial charge in [0.25, 0.3) is 0 Å². The Morgan fingerprint density at radius 3 is 2.70 bits per heavy atom. The van der Waals surface area contributed by atoms with Crippen LogP contribution in [0.4, 0.5) is 0 Å². The minimum Gasteiger partial charge on any atom is -0.438 e. The Bertz CT molecular complexity index is 692. The van der Waals surface area contributed by atoms with Gasteiger partial charge in [-0.15, -0.1) is 0 Å². The highest BCUT2D eigenvalue weighted by Gasteiger charge is 2.12. The zero-order chi connectivity index (χ0) is 14.7. The van der Waals surface area contributed by atoms with E-state index in [-0.39, 0.29) is 0 Å². The molecule has 102 valence electrons. The zero-order valence-corrected chi connectivity index (χ0v) is 12.3. The number of aryl methyl sites for hydroxylation is 2. The maximum atomic E-state index is 8.95. The summed E-state index contributed by atoms with van der Waals surface area (Å²) < 4.78 is 5.82. The first-order valence-electron chi connectivity index (χ1n) is 6.26. The Labute approximate surface area is 123 Å². The molecule has 20 heavy (non-hydrogen) atoms. The zero-order valence-electron chi connectivity index (χ0n) is 11.6. The molecule has 0 bridgehead atoms. The van der Waals surface area contributed by atoms with E-state index < -0.39 is 0 Å². The van der Waals surface area contributed by atoms with Crippen molar-refractivity contribution in [3.05, 3.63) is 45.9 Å². The number of aromatic nitrogens is 2. The summed E-state index contributed by atoms with van der Waals surface area (Å²) in [6, 6.07) is 7.37. The second kappa shape index (κ2) is 5.89. The third-order valence-electron chi connectivity index (χ3n) is 2.93. The van der Waals surface area contributed by atoms with Crippen LogP contribution in [-0.2, 0) is 6.42 Å². The van der Waals surface area contributed by atoms with E-state index in [2.05, 4.69) is 16.0 Å². The molecule has 1 heterocycles. The van der Waals surface area contributed by atoms with E-state index in [1.165, 1.54) is 0 Å². The first kappa shape index (κ1) is 14.3. The van der Waals surface area contributed by atoms with Gasteiger partial charge < -0.3 is 4.74 Å². The average molecular weight is 288 g/mol. The van der Waals surface area contributed by atoms with Crippen LogP contribution in [0, 0.1) is 25.2 Å². The second-order valence-electron chi connectivity index (χ2n) is 4.41. The molecule has 0 radical (unpaired) electrons. The van der Waals surface area contributed by atoms with Crippen molar-refractivity contribution in [2.24, 2.45) is 0 Å². The summed E-state index contributed by atoms with van der Waals surface area (Å²) in [5.74, 6) is 1.66. The van der Waals surface area contributed by atoms with Crippen molar-refractivity contribution in [1.82, 2.24) is 9.97 Å². The predicted molar refractivity (Wildman–Crippen MR) is 77.1 cm³/mol. The van der Waals surface area contributed by atoms with Gasteiger partial charge in [0, 0.05) is 12.0 Å². The largest absolute Gasteiger partial charge is 0.438 e. The number of hydrogen-bond acceptors (Lipinski definition) is 4. The Hall–Kier alpha value is -2.12. The minimum atomic E-state index is 0.390. The molecule has 0 saturated carbocycles. The third-order valence-corrected chi connectivity index (χ3v) is 3.30. The van der Waals surface area contributed by atoms with Gasteiger partial charge in [-0.2, -0.15) is 10.2 Å². The number of rotatable bonds is 3. The van der Waals surface area contributed by atoms with Gasteiger partial charge in [-0.1, -0.05) is 24.6 Å². The number of benzene rings is 1. The molecule has 4 nitrogen and oxygen atoms in total. The van der Waals surface area contributed by atoms with E-state index >= 15 is 0 Å². The maximum Gasteiger partial charge on any atom is 0.227 e. The van der Waals surface area contributed by atoms with E-state index in [9.17, 15) is 0 Å². The van der Waals surface area contributed by atoms with Crippen molar-refractivity contribution in [2.75, 3.05) is 0 Å². The molecule has 2 rings (SSSR count). The fraction of sp³-hybridized carbons (Fsp3) is 0.267. The lowest BCUT2D eigenvalue weighted by Crippen LogP contribution is -2.01. The smallest absolute Gasteiger partial charge is 0.227 e. The van der Waals surface area contributed by atoms with Gasteiger partial charge in [0.2, 0.25) is 5.88 Å². The minimum absolute atomic E-state index is 0.390. The summed E-state index contributed by atoms with van der Waals surface area (Å²) in [5, 5.41) is 9.34. The van der Waals surface area contributed by atoms with Gasteiger partial charge in [0.15, 0.2) is 0 Å². The molecule has 0 N–H and O–H groups in total. The molecule has 0 aliphatic heterocycles. The van der Waals surface area contributed by atoms with Crippen molar-refractivity contribution in [2.45, 2.75) is 27.2 Å². The SMILES string of the molecule is CCc1nc(Cl)c(C)c(Oc2cc(C#N)ccc2C)n1. The fourth-order valence-electron chi connectivity index (χ4n) is 1.65. The van der Waals surface area contributed by atoms with E-state index in [1.807, 2.05) is 19.9 Å². The first-order valence-corrected chi connectivity index (χ1v) is 6.64. The maximum absolute atomic E-state index is 8.95. The van der Waals surface area contributed by atoms with E-state index in [0.29, 0.717) is 40.2 Å². The van der Waals surface area contributed by atoms with Crippen LogP contribution in [-0.4, -0.2) is 9.97 Å². The topological polar surface area (TPSA) is 58.8 Å². The third kappa shape index (κ3) is 2.89. The van der Waals surface area contributed by atoms with Crippen molar-refractivity contribution in [1.29, 1.82) is 5.26 Å². The van der Waals surface area contributed by atoms with Gasteiger partial charge in [-0.3, -0.25) is 0 Å². The molecule has 0 fully saturated rings. The van der Waals surface area contributed by atoms with Crippen molar-refractivity contribution >= 4 is 11.6 Å². The summed E-state index contributed by atoms with van der Waals surface area (Å²) >= 11 is 6.08. The van der Waals surface area contributed by atoms with Crippen LogP contribution in [0.1, 0.15) is 29.4 Å². The molecule has 0 aliphatic carbocycles. The Balaban J connectivity index is 2.44. The molecule has 0 aliphatic rings. The second-order valence-corrected chi connectivity index (χ2v) is 4.77. The monoisotopic (exact) mass is 287 g/mol. The molecule has 0 amide bonds. The summed E-state index contributed by atoms with van der Waals surface area (Å²) in [7, 11) is 0. The summed E-state index contributed by atoms with van der Waals surface area (Å²) in [6.07, 6.45) is 0.674. The molecule has 0 atom stereocenters. The molecule has 0 unspecified atom stereocenters. The predicted octanol–water partition coefficient (Wildman–Crippen LogP) is 3.97. The number of nitriles is 1. The molecular formula is C15H14ClN3O. The highest BCUT2D eigenvalue weighted by molar-refractivity contribution is 6.30. The standard InChI is InChI=1S/C15H14ClN3O/c1-4-13-18-14(16)10(3)15(19-13)20-12-7-11(8-17)6-5-9(12)2/h5-7H,4H2,1-3H3. The van der Waals surface area contributed by atoms with Gasteiger partial charge in [0.1, 0.15) is 16.7 Å². The number of ether oxygens (including phenoxy) is 1.